The first-order valence-electron chi connectivity index (χ1n) is 7.16. The van der Waals surface area contributed by atoms with E-state index in [-0.39, 0.29) is 23.3 Å². The maximum atomic E-state index is 11.9. The van der Waals surface area contributed by atoms with E-state index in [1.165, 1.54) is 6.92 Å². The highest BCUT2D eigenvalue weighted by molar-refractivity contribution is 6.09. The molecule has 0 saturated carbocycles. The molecule has 2 rings (SSSR count). The van der Waals surface area contributed by atoms with Crippen molar-refractivity contribution in [3.8, 4) is 0 Å². The van der Waals surface area contributed by atoms with Crippen molar-refractivity contribution in [2.45, 2.75) is 46.6 Å². The Hall–Kier alpha value is -2.10. The van der Waals surface area contributed by atoms with Gasteiger partial charge in [0.05, 0.1) is 11.1 Å². The van der Waals surface area contributed by atoms with Crippen LogP contribution in [0.1, 0.15) is 72.9 Å². The number of carbonyl (C=O) groups is 2. The molecule has 0 aliphatic rings. The number of hydrogen-bond acceptors (Lipinski definition) is 2. The van der Waals surface area contributed by atoms with Crippen LogP contribution in [0.15, 0.2) is 18.3 Å². The van der Waals surface area contributed by atoms with Crippen LogP contribution >= 0.6 is 0 Å². The summed E-state index contributed by atoms with van der Waals surface area (Å²) in [6.45, 7) is 9.69. The van der Waals surface area contributed by atoms with E-state index in [2.05, 4.69) is 18.4 Å². The lowest BCUT2D eigenvalue weighted by atomic mass is 9.96. The van der Waals surface area contributed by atoms with E-state index in [0.717, 1.165) is 16.5 Å². The number of nitrogens with zero attached hydrogens (tertiary/aromatic N) is 1. The molecule has 0 saturated heterocycles. The monoisotopic (exact) mass is 287 g/mol. The van der Waals surface area contributed by atoms with Gasteiger partial charge < -0.3 is 9.67 Å². The van der Waals surface area contributed by atoms with Crippen LogP contribution in [-0.2, 0) is 0 Å². The van der Waals surface area contributed by atoms with Gasteiger partial charge in [-0.05, 0) is 44.4 Å². The maximum absolute atomic E-state index is 11.9. The average molecular weight is 287 g/mol. The molecule has 0 bridgehead atoms. The minimum Gasteiger partial charge on any atom is -0.478 e. The summed E-state index contributed by atoms with van der Waals surface area (Å²) in [6.07, 6.45) is 1.84. The van der Waals surface area contributed by atoms with E-state index in [1.54, 1.807) is 12.1 Å². The Balaban J connectivity index is 2.97. The third kappa shape index (κ3) is 2.58. The van der Waals surface area contributed by atoms with Crippen LogP contribution in [0, 0.1) is 0 Å². The zero-order valence-electron chi connectivity index (χ0n) is 13.1. The van der Waals surface area contributed by atoms with Gasteiger partial charge in [0, 0.05) is 23.2 Å². The molecule has 0 atom stereocenters. The largest absolute Gasteiger partial charge is 0.478 e. The molecule has 2 aromatic rings. The van der Waals surface area contributed by atoms with Gasteiger partial charge >= 0.3 is 5.97 Å². The molecule has 112 valence electrons. The standard InChI is InChI=1S/C17H21NO3/c1-9(2)13-6-12(17(20)21)7-14-15(11(5)19)8-18(10(3)4)16(13)14/h6-10H,1-5H3,(H,20,21). The van der Waals surface area contributed by atoms with Crippen molar-refractivity contribution < 1.29 is 14.7 Å². The first-order chi connectivity index (χ1) is 9.73. The number of Topliss-reactive ketones (excluding diaryl/α,β-unsaturated/α-hetero) is 1. The average Bonchev–Trinajstić information content (AvgIpc) is 2.76. The van der Waals surface area contributed by atoms with E-state index < -0.39 is 5.97 Å². The fourth-order valence-electron chi connectivity index (χ4n) is 2.67. The second kappa shape index (κ2) is 5.35. The van der Waals surface area contributed by atoms with Crippen LogP contribution in [0.4, 0.5) is 0 Å². The Bertz CT molecular complexity index is 723. The minimum atomic E-state index is -0.967. The Kier molecular flexibility index (Phi) is 3.90. The SMILES string of the molecule is CC(=O)c1cn(C(C)C)c2c(C(C)C)cc(C(=O)O)cc12. The summed E-state index contributed by atoms with van der Waals surface area (Å²) in [5.74, 6) is -0.832. The first kappa shape index (κ1) is 15.3. The highest BCUT2D eigenvalue weighted by Gasteiger charge is 2.20. The molecule has 1 aromatic heterocycles. The third-order valence-corrected chi connectivity index (χ3v) is 3.76. The lowest BCUT2D eigenvalue weighted by Crippen LogP contribution is -2.04. The van der Waals surface area contributed by atoms with Crippen molar-refractivity contribution in [3.05, 3.63) is 35.0 Å². The van der Waals surface area contributed by atoms with E-state index >= 15 is 0 Å². The van der Waals surface area contributed by atoms with E-state index in [1.807, 2.05) is 20.0 Å². The zero-order valence-corrected chi connectivity index (χ0v) is 13.1. The normalized spacial score (nSPS) is 11.6. The van der Waals surface area contributed by atoms with Gasteiger partial charge in [0.25, 0.3) is 0 Å². The highest BCUT2D eigenvalue weighted by atomic mass is 16.4. The van der Waals surface area contributed by atoms with Gasteiger partial charge in [-0.15, -0.1) is 0 Å². The molecule has 0 aliphatic heterocycles. The molecule has 0 unspecified atom stereocenters. The summed E-state index contributed by atoms with van der Waals surface area (Å²) in [6, 6.07) is 3.53. The Morgan fingerprint density at radius 2 is 1.76 bits per heavy atom. The fraction of sp³-hybridized carbons (Fsp3) is 0.412. The van der Waals surface area contributed by atoms with Crippen LogP contribution in [0.25, 0.3) is 10.9 Å². The van der Waals surface area contributed by atoms with Crippen molar-refractivity contribution in [3.63, 3.8) is 0 Å². The number of fused-ring (bicyclic) bond motifs is 1. The van der Waals surface area contributed by atoms with Crippen LogP contribution in [-0.4, -0.2) is 21.4 Å². The number of ketones is 1. The van der Waals surface area contributed by atoms with Gasteiger partial charge in [-0.2, -0.15) is 0 Å². The quantitative estimate of drug-likeness (QED) is 0.855. The molecule has 1 heterocycles. The molecule has 21 heavy (non-hydrogen) atoms. The predicted octanol–water partition coefficient (Wildman–Crippen LogP) is 4.25. The van der Waals surface area contributed by atoms with Gasteiger partial charge in [0.2, 0.25) is 0 Å². The topological polar surface area (TPSA) is 59.3 Å². The molecule has 1 N–H and O–H groups in total. The number of rotatable bonds is 4. The molecule has 0 spiro atoms. The summed E-state index contributed by atoms with van der Waals surface area (Å²) in [4.78, 5) is 23.2. The second-order valence-electron chi connectivity index (χ2n) is 6.02. The lowest BCUT2D eigenvalue weighted by Gasteiger charge is -2.15. The fourth-order valence-corrected chi connectivity index (χ4v) is 2.67. The molecule has 4 nitrogen and oxygen atoms in total. The van der Waals surface area contributed by atoms with Crippen molar-refractivity contribution in [2.24, 2.45) is 0 Å². The van der Waals surface area contributed by atoms with Crippen LogP contribution in [0.2, 0.25) is 0 Å². The summed E-state index contributed by atoms with van der Waals surface area (Å²) in [5, 5.41) is 10.0. The Morgan fingerprint density at radius 3 is 2.19 bits per heavy atom. The smallest absolute Gasteiger partial charge is 0.335 e. The number of carboxylic acids is 1. The Morgan fingerprint density at radius 1 is 1.14 bits per heavy atom. The predicted molar refractivity (Wildman–Crippen MR) is 83.4 cm³/mol. The zero-order chi connectivity index (χ0) is 15.9. The number of aromatic carboxylic acids is 1. The number of carboxylic acid groups (broad SMARTS) is 1. The summed E-state index contributed by atoms with van der Waals surface area (Å²) < 4.78 is 2.06. The second-order valence-corrected chi connectivity index (χ2v) is 6.02. The first-order valence-corrected chi connectivity index (χ1v) is 7.16. The van der Waals surface area contributed by atoms with Crippen molar-refractivity contribution in [1.29, 1.82) is 0 Å². The lowest BCUT2D eigenvalue weighted by molar-refractivity contribution is 0.0696. The molecular weight excluding hydrogens is 266 g/mol. The van der Waals surface area contributed by atoms with E-state index in [9.17, 15) is 14.7 Å². The maximum Gasteiger partial charge on any atom is 0.335 e. The van der Waals surface area contributed by atoms with E-state index in [4.69, 9.17) is 0 Å². The van der Waals surface area contributed by atoms with Crippen LogP contribution in [0.3, 0.4) is 0 Å². The number of carbonyl (C=O) groups excluding carboxylic acids is 1. The summed E-state index contributed by atoms with van der Waals surface area (Å²) in [5.41, 5.74) is 2.75. The molecule has 0 amide bonds. The van der Waals surface area contributed by atoms with Gasteiger partial charge in [-0.3, -0.25) is 4.79 Å². The van der Waals surface area contributed by atoms with Crippen molar-refractivity contribution in [1.82, 2.24) is 4.57 Å². The number of hydrogen-bond donors (Lipinski definition) is 1. The third-order valence-electron chi connectivity index (χ3n) is 3.76. The molecule has 4 heteroatoms. The van der Waals surface area contributed by atoms with Gasteiger partial charge in [0.1, 0.15) is 0 Å². The Labute approximate surface area is 124 Å². The minimum absolute atomic E-state index is 0.0448. The number of benzene rings is 1. The van der Waals surface area contributed by atoms with Gasteiger partial charge in [-0.1, -0.05) is 13.8 Å². The summed E-state index contributed by atoms with van der Waals surface area (Å²) in [7, 11) is 0. The van der Waals surface area contributed by atoms with Gasteiger partial charge in [0.15, 0.2) is 5.78 Å². The molecule has 0 aliphatic carbocycles. The van der Waals surface area contributed by atoms with Crippen LogP contribution < -0.4 is 0 Å². The molecule has 0 fully saturated rings. The summed E-state index contributed by atoms with van der Waals surface area (Å²) >= 11 is 0. The number of aromatic nitrogens is 1. The van der Waals surface area contributed by atoms with E-state index in [0.29, 0.717) is 5.56 Å². The molecule has 0 radical (unpaired) electrons. The van der Waals surface area contributed by atoms with Crippen LogP contribution in [0.5, 0.6) is 0 Å². The van der Waals surface area contributed by atoms with Gasteiger partial charge in [-0.25, -0.2) is 4.79 Å². The van der Waals surface area contributed by atoms with Crippen molar-refractivity contribution in [2.75, 3.05) is 0 Å². The molecule has 1 aromatic carbocycles. The highest BCUT2D eigenvalue weighted by Crippen LogP contribution is 2.33. The molecular formula is C17H21NO3. The van der Waals surface area contributed by atoms with Crippen molar-refractivity contribution >= 4 is 22.7 Å².